The number of aryl methyl sites for hydroxylation is 1. The van der Waals surface area contributed by atoms with Crippen LogP contribution in [-0.4, -0.2) is 15.0 Å². The molecule has 2 N–H and O–H groups in total. The molecule has 3 rings (SSSR count). The highest BCUT2D eigenvalue weighted by Gasteiger charge is 2.03. The molecule has 0 bridgehead atoms. The highest BCUT2D eigenvalue weighted by Crippen LogP contribution is 2.06. The maximum atomic E-state index is 12.0. The predicted molar refractivity (Wildman–Crippen MR) is 81.9 cm³/mol. The van der Waals surface area contributed by atoms with Gasteiger partial charge in [-0.2, -0.15) is 0 Å². The Kier molecular flexibility index (Phi) is 3.75. The fraction of sp³-hybridized carbons (Fsp3) is 0.188. The molecule has 106 valence electrons. The Morgan fingerprint density at radius 2 is 2.05 bits per heavy atom. The minimum absolute atomic E-state index is 0.0995. The van der Waals surface area contributed by atoms with E-state index in [0.29, 0.717) is 24.3 Å². The third kappa shape index (κ3) is 2.98. The third-order valence-corrected chi connectivity index (χ3v) is 3.41. The molecule has 0 fully saturated rings. The summed E-state index contributed by atoms with van der Waals surface area (Å²) in [6, 6.07) is 9.33. The number of hydrogen-bond donors (Lipinski definition) is 2. The number of aromatic nitrogens is 3. The Balaban J connectivity index is 1.74. The summed E-state index contributed by atoms with van der Waals surface area (Å²) in [6.07, 6.45) is 3.62. The first kappa shape index (κ1) is 13.5. The van der Waals surface area contributed by atoms with E-state index in [0.717, 1.165) is 11.1 Å². The number of hydrogen-bond acceptors (Lipinski definition) is 4. The lowest BCUT2D eigenvalue weighted by molar-refractivity contribution is 0.660. The number of nitrogens with one attached hydrogen (secondary N) is 2. The van der Waals surface area contributed by atoms with E-state index in [2.05, 4.69) is 20.3 Å². The predicted octanol–water partition coefficient (Wildman–Crippen LogP) is 1.92. The van der Waals surface area contributed by atoms with E-state index in [1.807, 2.05) is 37.4 Å². The fourth-order valence-corrected chi connectivity index (χ4v) is 2.23. The van der Waals surface area contributed by atoms with Crippen LogP contribution in [0.4, 0.5) is 0 Å². The van der Waals surface area contributed by atoms with Crippen LogP contribution < -0.4 is 10.9 Å². The summed E-state index contributed by atoms with van der Waals surface area (Å²) >= 11 is 0. The average molecular weight is 280 g/mol. The number of rotatable bonds is 4. The van der Waals surface area contributed by atoms with Crippen molar-refractivity contribution < 1.29 is 0 Å². The molecular formula is C16H16N4O. The highest BCUT2D eigenvalue weighted by atomic mass is 16.1. The highest BCUT2D eigenvalue weighted by molar-refractivity contribution is 5.77. The number of pyridine rings is 1. The Morgan fingerprint density at radius 1 is 1.19 bits per heavy atom. The molecule has 5 heteroatoms. The number of fused-ring (bicyclic) bond motifs is 1. The van der Waals surface area contributed by atoms with E-state index < -0.39 is 0 Å². The first-order chi connectivity index (χ1) is 10.2. The van der Waals surface area contributed by atoms with Crippen LogP contribution in [0.2, 0.25) is 0 Å². The normalized spacial score (nSPS) is 10.9. The topological polar surface area (TPSA) is 70.7 Å². The van der Waals surface area contributed by atoms with Crippen LogP contribution in [0.3, 0.4) is 0 Å². The Labute approximate surface area is 122 Å². The van der Waals surface area contributed by atoms with E-state index in [9.17, 15) is 4.79 Å². The van der Waals surface area contributed by atoms with Gasteiger partial charge >= 0.3 is 0 Å². The van der Waals surface area contributed by atoms with Gasteiger partial charge in [-0.05, 0) is 36.2 Å². The van der Waals surface area contributed by atoms with Crippen molar-refractivity contribution in [1.29, 1.82) is 0 Å². The second-order valence-corrected chi connectivity index (χ2v) is 4.94. The lowest BCUT2D eigenvalue weighted by Gasteiger charge is -2.07. The second-order valence-electron chi connectivity index (χ2n) is 4.94. The van der Waals surface area contributed by atoms with Crippen LogP contribution in [-0.2, 0) is 13.1 Å². The van der Waals surface area contributed by atoms with E-state index in [4.69, 9.17) is 0 Å². The van der Waals surface area contributed by atoms with Crippen LogP contribution in [0.15, 0.2) is 47.5 Å². The van der Waals surface area contributed by atoms with Crippen LogP contribution >= 0.6 is 0 Å². The van der Waals surface area contributed by atoms with Crippen molar-refractivity contribution in [3.63, 3.8) is 0 Å². The van der Waals surface area contributed by atoms with Gasteiger partial charge < -0.3 is 10.3 Å². The number of nitrogens with zero attached hydrogens (tertiary/aromatic N) is 2. The molecule has 0 atom stereocenters. The van der Waals surface area contributed by atoms with Crippen LogP contribution in [0.25, 0.3) is 10.9 Å². The van der Waals surface area contributed by atoms with Crippen LogP contribution in [0, 0.1) is 6.92 Å². The molecule has 0 aliphatic rings. The van der Waals surface area contributed by atoms with E-state index >= 15 is 0 Å². The van der Waals surface area contributed by atoms with Gasteiger partial charge in [-0.25, -0.2) is 4.98 Å². The van der Waals surface area contributed by atoms with E-state index in [1.165, 1.54) is 5.56 Å². The molecule has 2 aromatic heterocycles. The number of H-pyrrole nitrogens is 1. The van der Waals surface area contributed by atoms with Gasteiger partial charge in [-0.3, -0.25) is 9.78 Å². The molecule has 0 radical (unpaired) electrons. The number of aromatic amines is 1. The van der Waals surface area contributed by atoms with Crippen molar-refractivity contribution in [1.82, 2.24) is 20.3 Å². The molecule has 5 nitrogen and oxygen atoms in total. The molecule has 0 aliphatic carbocycles. The molecule has 0 aliphatic heterocycles. The molecular weight excluding hydrogens is 264 g/mol. The minimum Gasteiger partial charge on any atom is -0.309 e. The van der Waals surface area contributed by atoms with Crippen molar-refractivity contribution in [3.8, 4) is 0 Å². The molecule has 0 unspecified atom stereocenters. The van der Waals surface area contributed by atoms with Gasteiger partial charge in [-0.15, -0.1) is 0 Å². The van der Waals surface area contributed by atoms with Gasteiger partial charge in [0.1, 0.15) is 5.82 Å². The Bertz CT molecular complexity index is 826. The van der Waals surface area contributed by atoms with E-state index in [1.54, 1.807) is 12.3 Å². The summed E-state index contributed by atoms with van der Waals surface area (Å²) in [4.78, 5) is 23.3. The molecule has 1 aromatic carbocycles. The lowest BCUT2D eigenvalue weighted by atomic mass is 10.1. The summed E-state index contributed by atoms with van der Waals surface area (Å²) in [5, 5.41) is 3.91. The third-order valence-electron chi connectivity index (χ3n) is 3.41. The van der Waals surface area contributed by atoms with Crippen molar-refractivity contribution >= 4 is 10.9 Å². The summed E-state index contributed by atoms with van der Waals surface area (Å²) in [5.41, 5.74) is 2.95. The van der Waals surface area contributed by atoms with Gasteiger partial charge in [0.15, 0.2) is 0 Å². The molecule has 21 heavy (non-hydrogen) atoms. The molecule has 0 saturated carbocycles. The summed E-state index contributed by atoms with van der Waals surface area (Å²) in [6.45, 7) is 3.26. The second kappa shape index (κ2) is 5.85. The smallest absolute Gasteiger partial charge is 0.258 e. The van der Waals surface area contributed by atoms with Crippen molar-refractivity contribution in [2.45, 2.75) is 20.0 Å². The zero-order valence-corrected chi connectivity index (χ0v) is 11.8. The van der Waals surface area contributed by atoms with Gasteiger partial charge in [0.25, 0.3) is 5.56 Å². The van der Waals surface area contributed by atoms with Crippen molar-refractivity contribution in [2.75, 3.05) is 0 Å². The first-order valence-corrected chi connectivity index (χ1v) is 6.82. The molecule has 3 aromatic rings. The SMILES string of the molecule is Cc1cnccc1CNCc1nc2ccccc2c(=O)[nH]1. The van der Waals surface area contributed by atoms with E-state index in [-0.39, 0.29) is 5.56 Å². The quantitative estimate of drug-likeness (QED) is 0.766. The molecule has 2 heterocycles. The molecule has 0 amide bonds. The summed E-state index contributed by atoms with van der Waals surface area (Å²) in [5.74, 6) is 0.644. The summed E-state index contributed by atoms with van der Waals surface area (Å²) < 4.78 is 0. The van der Waals surface area contributed by atoms with Gasteiger partial charge in [0.05, 0.1) is 17.4 Å². The monoisotopic (exact) mass is 280 g/mol. The first-order valence-electron chi connectivity index (χ1n) is 6.82. The van der Waals surface area contributed by atoms with Crippen molar-refractivity contribution in [3.05, 3.63) is 70.0 Å². The van der Waals surface area contributed by atoms with Gasteiger partial charge in [0.2, 0.25) is 0 Å². The lowest BCUT2D eigenvalue weighted by Crippen LogP contribution is -2.19. The fourth-order valence-electron chi connectivity index (χ4n) is 2.23. The Morgan fingerprint density at radius 3 is 2.90 bits per heavy atom. The van der Waals surface area contributed by atoms with Crippen molar-refractivity contribution in [2.24, 2.45) is 0 Å². The Hall–Kier alpha value is -2.53. The minimum atomic E-state index is -0.0995. The van der Waals surface area contributed by atoms with Gasteiger partial charge in [-0.1, -0.05) is 12.1 Å². The summed E-state index contributed by atoms with van der Waals surface area (Å²) in [7, 11) is 0. The zero-order valence-electron chi connectivity index (χ0n) is 11.8. The zero-order chi connectivity index (χ0) is 14.7. The largest absolute Gasteiger partial charge is 0.309 e. The van der Waals surface area contributed by atoms with Gasteiger partial charge in [0, 0.05) is 18.9 Å². The molecule has 0 saturated heterocycles. The maximum absolute atomic E-state index is 12.0. The number of para-hydroxylation sites is 1. The standard InChI is InChI=1S/C16H16N4O/c1-11-8-17-7-6-12(11)9-18-10-15-19-14-5-3-2-4-13(14)16(21)20-15/h2-8,18H,9-10H2,1H3,(H,19,20,21). The molecule has 0 spiro atoms. The van der Waals surface area contributed by atoms with Crippen LogP contribution in [0.1, 0.15) is 17.0 Å². The average Bonchev–Trinajstić information content (AvgIpc) is 2.49. The van der Waals surface area contributed by atoms with Crippen LogP contribution in [0.5, 0.6) is 0 Å². The maximum Gasteiger partial charge on any atom is 0.258 e. The number of benzene rings is 1.